The van der Waals surface area contributed by atoms with Gasteiger partial charge in [0.05, 0.1) is 12.0 Å². The van der Waals surface area contributed by atoms with Crippen molar-refractivity contribution >= 4 is 34.3 Å². The Morgan fingerprint density at radius 1 is 0.946 bits per heavy atom. The van der Waals surface area contributed by atoms with Gasteiger partial charge in [-0.15, -0.1) is 0 Å². The van der Waals surface area contributed by atoms with E-state index in [0.717, 1.165) is 32.4 Å². The number of hydrogen-bond acceptors (Lipinski definition) is 4. The van der Waals surface area contributed by atoms with Crippen LogP contribution < -0.4 is 4.90 Å². The average Bonchev–Trinajstić information content (AvgIpc) is 3.24. The largest absolute Gasteiger partial charge is 0.478 e. The number of aliphatic carboxylic acids is 2. The van der Waals surface area contributed by atoms with Crippen LogP contribution in [-0.2, 0) is 20.8 Å². The minimum atomic E-state index is -1.26. The predicted molar refractivity (Wildman–Crippen MR) is 137 cm³/mol. The summed E-state index contributed by atoms with van der Waals surface area (Å²) in [6.07, 6.45) is 4.65. The van der Waals surface area contributed by atoms with E-state index in [1.165, 1.54) is 34.0 Å². The number of rotatable bonds is 4. The van der Waals surface area contributed by atoms with Gasteiger partial charge >= 0.3 is 11.9 Å². The first-order valence-electron chi connectivity index (χ1n) is 12.2. The number of nitrogens with zero attached hydrogens (tertiary/aromatic N) is 2. The molecule has 2 N–H and O–H groups in total. The third-order valence-corrected chi connectivity index (χ3v) is 7.60. The Labute approximate surface area is 213 Å². The number of anilines is 1. The fraction of sp³-hybridized carbons (Fsp3) is 0.276. The van der Waals surface area contributed by atoms with Crippen molar-refractivity contribution in [1.82, 2.24) is 4.90 Å². The van der Waals surface area contributed by atoms with Gasteiger partial charge in [0.2, 0.25) is 5.91 Å². The van der Waals surface area contributed by atoms with Crippen LogP contribution in [-0.4, -0.2) is 51.6 Å². The van der Waals surface area contributed by atoms with Gasteiger partial charge in [-0.3, -0.25) is 9.69 Å². The van der Waals surface area contributed by atoms with E-state index in [4.69, 9.17) is 10.2 Å². The molecule has 1 amide bonds. The SMILES string of the molecule is O=C(O)C=CC(=O)O.O=C1CC2(CCN(C3Cc4cccc5cccc3c45)CC2)N1c1cccc(F)c1. The predicted octanol–water partition coefficient (Wildman–Crippen LogP) is 4.56. The number of benzene rings is 3. The second-order valence-corrected chi connectivity index (χ2v) is 9.74. The van der Waals surface area contributed by atoms with Crippen LogP contribution in [0.15, 0.2) is 72.8 Å². The average molecular weight is 503 g/mol. The Bertz CT molecular complexity index is 1390. The summed E-state index contributed by atoms with van der Waals surface area (Å²) in [6.45, 7) is 1.93. The Morgan fingerprint density at radius 3 is 2.22 bits per heavy atom. The van der Waals surface area contributed by atoms with Crippen molar-refractivity contribution in [3.8, 4) is 0 Å². The standard InChI is InChI=1S/C25H23FN2O.C4H4O4/c26-19-7-3-8-20(15-19)28-23(29)16-25(28)10-12-27(13-11-25)22-14-18-6-1-4-17-5-2-9-21(22)24(17)18;5-3(6)1-2-4(7)8/h1-9,15,22H,10-14,16H2;1-2H,(H,5,6)(H,7,8). The maximum atomic E-state index is 13.7. The number of piperidine rings is 1. The number of hydrogen-bond donors (Lipinski definition) is 2. The van der Waals surface area contributed by atoms with E-state index in [-0.39, 0.29) is 17.3 Å². The van der Waals surface area contributed by atoms with Gasteiger partial charge in [0.15, 0.2) is 0 Å². The molecule has 1 atom stereocenters. The summed E-state index contributed by atoms with van der Waals surface area (Å²) >= 11 is 0. The molecule has 8 heteroatoms. The third kappa shape index (κ3) is 4.72. The van der Waals surface area contributed by atoms with Gasteiger partial charge in [-0.2, -0.15) is 0 Å². The number of carboxylic acids is 2. The van der Waals surface area contributed by atoms with E-state index < -0.39 is 11.9 Å². The van der Waals surface area contributed by atoms with Crippen LogP contribution in [0.4, 0.5) is 10.1 Å². The van der Waals surface area contributed by atoms with Crippen LogP contribution in [0.3, 0.4) is 0 Å². The zero-order valence-electron chi connectivity index (χ0n) is 20.1. The van der Waals surface area contributed by atoms with Crippen LogP contribution in [0.1, 0.15) is 36.4 Å². The number of carbonyl (C=O) groups is 3. The van der Waals surface area contributed by atoms with Crippen LogP contribution in [0.25, 0.3) is 10.8 Å². The maximum absolute atomic E-state index is 13.7. The van der Waals surface area contributed by atoms with Crippen molar-refractivity contribution in [3.63, 3.8) is 0 Å². The molecule has 1 aliphatic carbocycles. The summed E-state index contributed by atoms with van der Waals surface area (Å²) in [5, 5.41) is 18.4. The summed E-state index contributed by atoms with van der Waals surface area (Å²) in [5.41, 5.74) is 3.45. The van der Waals surface area contributed by atoms with Crippen LogP contribution in [0.5, 0.6) is 0 Å². The number of halogens is 1. The van der Waals surface area contributed by atoms with Crippen molar-refractivity contribution in [2.75, 3.05) is 18.0 Å². The van der Waals surface area contributed by atoms with E-state index in [0.29, 0.717) is 30.3 Å². The van der Waals surface area contributed by atoms with Gasteiger partial charge in [-0.25, -0.2) is 14.0 Å². The van der Waals surface area contributed by atoms with E-state index in [1.54, 1.807) is 6.07 Å². The fourth-order valence-corrected chi connectivity index (χ4v) is 5.98. The number of carboxylic acid groups (broad SMARTS) is 2. The monoisotopic (exact) mass is 502 g/mol. The smallest absolute Gasteiger partial charge is 0.328 e. The molecule has 3 aromatic rings. The van der Waals surface area contributed by atoms with E-state index in [2.05, 4.69) is 41.3 Å². The molecule has 0 radical (unpaired) electrons. The molecule has 6 rings (SSSR count). The van der Waals surface area contributed by atoms with Crippen molar-refractivity contribution < 1.29 is 29.0 Å². The first kappa shape index (κ1) is 24.6. The van der Waals surface area contributed by atoms with E-state index in [9.17, 15) is 18.8 Å². The molecule has 3 aromatic carbocycles. The molecule has 3 aliphatic rings. The lowest BCUT2D eigenvalue weighted by atomic mass is 9.75. The minimum absolute atomic E-state index is 0.113. The molecular formula is C29H27FN2O5. The number of likely N-dealkylation sites (tertiary alicyclic amines) is 1. The fourth-order valence-electron chi connectivity index (χ4n) is 5.98. The van der Waals surface area contributed by atoms with E-state index in [1.807, 2.05) is 11.0 Å². The number of carbonyl (C=O) groups excluding carboxylic acids is 1. The number of amides is 1. The summed E-state index contributed by atoms with van der Waals surface area (Å²) in [4.78, 5) is 36.0. The van der Waals surface area contributed by atoms with Crippen LogP contribution in [0.2, 0.25) is 0 Å². The summed E-state index contributed by atoms with van der Waals surface area (Å²) in [6, 6.07) is 20.1. The molecule has 2 fully saturated rings. The molecule has 190 valence electrons. The molecule has 37 heavy (non-hydrogen) atoms. The molecule has 0 aromatic heterocycles. The lowest BCUT2D eigenvalue weighted by Crippen LogP contribution is -2.67. The highest BCUT2D eigenvalue weighted by Gasteiger charge is 2.53. The molecule has 1 spiro atoms. The summed E-state index contributed by atoms with van der Waals surface area (Å²) < 4.78 is 13.7. The first-order valence-corrected chi connectivity index (χ1v) is 12.2. The van der Waals surface area contributed by atoms with E-state index >= 15 is 0 Å². The first-order chi connectivity index (χ1) is 17.8. The Morgan fingerprint density at radius 2 is 1.59 bits per heavy atom. The second-order valence-electron chi connectivity index (χ2n) is 9.74. The highest BCUT2D eigenvalue weighted by Crippen LogP contribution is 2.47. The molecule has 2 aliphatic heterocycles. The lowest BCUT2D eigenvalue weighted by molar-refractivity contribution is -0.134. The van der Waals surface area contributed by atoms with Crippen molar-refractivity contribution in [2.45, 2.75) is 37.3 Å². The third-order valence-electron chi connectivity index (χ3n) is 7.60. The van der Waals surface area contributed by atoms with Crippen LogP contribution >= 0.6 is 0 Å². The quantitative estimate of drug-likeness (QED) is 0.401. The Kier molecular flexibility index (Phi) is 6.52. The Balaban J connectivity index is 0.000000307. The molecule has 2 heterocycles. The summed E-state index contributed by atoms with van der Waals surface area (Å²) in [7, 11) is 0. The lowest BCUT2D eigenvalue weighted by Gasteiger charge is -2.56. The van der Waals surface area contributed by atoms with Crippen LogP contribution in [0, 0.1) is 5.82 Å². The highest BCUT2D eigenvalue weighted by molar-refractivity contribution is 6.02. The summed E-state index contributed by atoms with van der Waals surface area (Å²) in [5.74, 6) is -2.69. The minimum Gasteiger partial charge on any atom is -0.478 e. The molecule has 2 saturated heterocycles. The Hall–Kier alpha value is -4.04. The van der Waals surface area contributed by atoms with Gasteiger partial charge in [-0.1, -0.05) is 42.5 Å². The normalized spacial score (nSPS) is 20.1. The zero-order valence-corrected chi connectivity index (χ0v) is 20.1. The van der Waals surface area contributed by atoms with Gasteiger partial charge in [-0.05, 0) is 59.4 Å². The second kappa shape index (κ2) is 9.78. The van der Waals surface area contributed by atoms with Crippen molar-refractivity contribution in [1.29, 1.82) is 0 Å². The maximum Gasteiger partial charge on any atom is 0.328 e. The zero-order chi connectivity index (χ0) is 26.2. The molecule has 7 nitrogen and oxygen atoms in total. The van der Waals surface area contributed by atoms with Crippen molar-refractivity contribution in [3.05, 3.63) is 89.8 Å². The topological polar surface area (TPSA) is 98.1 Å². The highest BCUT2D eigenvalue weighted by atomic mass is 19.1. The van der Waals surface area contributed by atoms with Gasteiger partial charge in [0.25, 0.3) is 0 Å². The van der Waals surface area contributed by atoms with Gasteiger partial charge in [0.1, 0.15) is 5.82 Å². The van der Waals surface area contributed by atoms with Crippen molar-refractivity contribution in [2.24, 2.45) is 0 Å². The van der Waals surface area contributed by atoms with Gasteiger partial charge in [0, 0.05) is 37.0 Å². The molecule has 0 saturated carbocycles. The number of β-lactam (4-membered cyclic amide) rings is 1. The molecule has 1 unspecified atom stereocenters. The molecular weight excluding hydrogens is 475 g/mol. The molecule has 0 bridgehead atoms. The van der Waals surface area contributed by atoms with Gasteiger partial charge < -0.3 is 15.1 Å².